The summed E-state index contributed by atoms with van der Waals surface area (Å²) >= 11 is 0. The van der Waals surface area contributed by atoms with Crippen LogP contribution in [0.3, 0.4) is 0 Å². The van der Waals surface area contributed by atoms with Crippen molar-refractivity contribution < 1.29 is 4.74 Å². The molecule has 0 saturated heterocycles. The third kappa shape index (κ3) is 3.28. The number of methoxy groups -OCH3 is 1. The largest absolute Gasteiger partial charge is 0.384 e. The summed E-state index contributed by atoms with van der Waals surface area (Å²) in [7, 11) is 1.74. The third-order valence-corrected chi connectivity index (χ3v) is 3.45. The van der Waals surface area contributed by atoms with Crippen LogP contribution in [-0.4, -0.2) is 25.2 Å². The number of ether oxygens (including phenoxy) is 1. The number of aromatic nitrogens is 1. The van der Waals surface area contributed by atoms with Crippen molar-refractivity contribution in [1.29, 1.82) is 0 Å². The van der Waals surface area contributed by atoms with Gasteiger partial charge in [0.2, 0.25) is 0 Å². The predicted octanol–water partition coefficient (Wildman–Crippen LogP) is 3.81. The van der Waals surface area contributed by atoms with Gasteiger partial charge in [-0.3, -0.25) is 0 Å². The molecule has 0 saturated carbocycles. The third-order valence-electron chi connectivity index (χ3n) is 3.45. The lowest BCUT2D eigenvalue weighted by molar-refractivity contribution is 0.202. The molecule has 1 heterocycles. The van der Waals surface area contributed by atoms with Crippen LogP contribution in [0.4, 0.5) is 5.82 Å². The van der Waals surface area contributed by atoms with Gasteiger partial charge < -0.3 is 10.1 Å². The zero-order chi connectivity index (χ0) is 14.4. The topological polar surface area (TPSA) is 34.1 Å². The number of nitrogens with one attached hydrogen (secondary N) is 1. The second kappa shape index (κ2) is 7.25. The quantitative estimate of drug-likeness (QED) is 0.832. The molecule has 0 amide bonds. The molecule has 3 heteroatoms. The van der Waals surface area contributed by atoms with E-state index >= 15 is 0 Å². The fourth-order valence-electron chi connectivity index (χ4n) is 2.50. The minimum atomic E-state index is 0.730. The van der Waals surface area contributed by atoms with E-state index in [0.717, 1.165) is 43.7 Å². The van der Waals surface area contributed by atoms with Crippen molar-refractivity contribution in [2.24, 2.45) is 0 Å². The predicted molar refractivity (Wildman–Crippen MR) is 85.5 cm³/mol. The Morgan fingerprint density at radius 1 is 1.15 bits per heavy atom. The molecule has 2 rings (SSSR count). The number of fused-ring (bicyclic) bond motifs is 1. The van der Waals surface area contributed by atoms with Gasteiger partial charge in [0.1, 0.15) is 5.82 Å². The van der Waals surface area contributed by atoms with Crippen LogP contribution in [0.2, 0.25) is 0 Å². The van der Waals surface area contributed by atoms with Gasteiger partial charge >= 0.3 is 0 Å². The molecule has 108 valence electrons. The summed E-state index contributed by atoms with van der Waals surface area (Å²) in [4.78, 5) is 4.87. The number of aryl methyl sites for hydroxylation is 1. The van der Waals surface area contributed by atoms with Gasteiger partial charge in [-0.2, -0.15) is 0 Å². The first-order valence-electron chi connectivity index (χ1n) is 7.44. The SMILES string of the molecule is CCCc1cc2cccc(CCOC)c2nc1NCC. The number of pyridine rings is 1. The molecule has 1 aromatic carbocycles. The van der Waals surface area contributed by atoms with Crippen LogP contribution in [0.1, 0.15) is 31.4 Å². The van der Waals surface area contributed by atoms with Gasteiger partial charge in [0.05, 0.1) is 12.1 Å². The van der Waals surface area contributed by atoms with E-state index in [4.69, 9.17) is 9.72 Å². The van der Waals surface area contributed by atoms with Crippen LogP contribution >= 0.6 is 0 Å². The van der Waals surface area contributed by atoms with Crippen LogP contribution in [0, 0.1) is 0 Å². The molecule has 3 nitrogen and oxygen atoms in total. The zero-order valence-corrected chi connectivity index (χ0v) is 12.7. The number of nitrogens with zero attached hydrogens (tertiary/aromatic N) is 1. The highest BCUT2D eigenvalue weighted by molar-refractivity contribution is 5.84. The molecule has 0 unspecified atom stereocenters. The van der Waals surface area contributed by atoms with Crippen molar-refractivity contribution in [2.75, 3.05) is 25.6 Å². The maximum absolute atomic E-state index is 5.19. The fraction of sp³-hybridized carbons (Fsp3) is 0.471. The molecule has 0 fully saturated rings. The van der Waals surface area contributed by atoms with Crippen molar-refractivity contribution in [1.82, 2.24) is 4.98 Å². The Balaban J connectivity index is 2.48. The van der Waals surface area contributed by atoms with Crippen molar-refractivity contribution in [3.05, 3.63) is 35.4 Å². The van der Waals surface area contributed by atoms with Gasteiger partial charge in [-0.15, -0.1) is 0 Å². The maximum atomic E-state index is 5.19. The lowest BCUT2D eigenvalue weighted by atomic mass is 10.0. The Kier molecular flexibility index (Phi) is 5.36. The first kappa shape index (κ1) is 14.8. The van der Waals surface area contributed by atoms with Crippen LogP contribution in [-0.2, 0) is 17.6 Å². The summed E-state index contributed by atoms with van der Waals surface area (Å²) in [5.74, 6) is 1.03. The van der Waals surface area contributed by atoms with Gasteiger partial charge in [0.25, 0.3) is 0 Å². The Morgan fingerprint density at radius 2 is 2.00 bits per heavy atom. The molecule has 0 aliphatic heterocycles. The Morgan fingerprint density at radius 3 is 2.70 bits per heavy atom. The van der Waals surface area contributed by atoms with E-state index in [1.165, 1.54) is 16.5 Å². The summed E-state index contributed by atoms with van der Waals surface area (Å²) in [5, 5.41) is 4.62. The van der Waals surface area contributed by atoms with Gasteiger partial charge in [0.15, 0.2) is 0 Å². The summed E-state index contributed by atoms with van der Waals surface area (Å²) in [6, 6.07) is 8.68. The molecular weight excluding hydrogens is 248 g/mol. The van der Waals surface area contributed by atoms with Gasteiger partial charge in [-0.05, 0) is 37.0 Å². The lowest BCUT2D eigenvalue weighted by Crippen LogP contribution is -2.05. The number of hydrogen-bond donors (Lipinski definition) is 1. The van der Waals surface area contributed by atoms with Crippen molar-refractivity contribution in [3.63, 3.8) is 0 Å². The molecular formula is C17H24N2O. The molecule has 0 aliphatic carbocycles. The molecule has 2 aromatic rings. The minimum Gasteiger partial charge on any atom is -0.384 e. The van der Waals surface area contributed by atoms with Crippen LogP contribution in [0.25, 0.3) is 10.9 Å². The number of hydrogen-bond acceptors (Lipinski definition) is 3. The van der Waals surface area contributed by atoms with E-state index in [-0.39, 0.29) is 0 Å². The van der Waals surface area contributed by atoms with Crippen LogP contribution in [0.5, 0.6) is 0 Å². The second-order valence-electron chi connectivity index (χ2n) is 5.01. The van der Waals surface area contributed by atoms with E-state index in [2.05, 4.69) is 43.4 Å². The average molecular weight is 272 g/mol. The summed E-state index contributed by atoms with van der Waals surface area (Å²) in [6.07, 6.45) is 3.10. The number of anilines is 1. The van der Waals surface area contributed by atoms with E-state index in [1.807, 2.05) is 0 Å². The highest BCUT2D eigenvalue weighted by atomic mass is 16.5. The van der Waals surface area contributed by atoms with Crippen molar-refractivity contribution in [2.45, 2.75) is 33.1 Å². The Hall–Kier alpha value is -1.61. The number of rotatable bonds is 7. The Labute approximate surface area is 121 Å². The second-order valence-corrected chi connectivity index (χ2v) is 5.01. The fourth-order valence-corrected chi connectivity index (χ4v) is 2.50. The van der Waals surface area contributed by atoms with Gasteiger partial charge in [-0.1, -0.05) is 31.5 Å². The first-order chi connectivity index (χ1) is 9.80. The maximum Gasteiger partial charge on any atom is 0.129 e. The monoisotopic (exact) mass is 272 g/mol. The molecule has 0 radical (unpaired) electrons. The molecule has 20 heavy (non-hydrogen) atoms. The highest BCUT2D eigenvalue weighted by Gasteiger charge is 2.08. The number of para-hydroxylation sites is 1. The van der Waals surface area contributed by atoms with Gasteiger partial charge in [0, 0.05) is 19.0 Å². The molecule has 0 bridgehead atoms. The smallest absolute Gasteiger partial charge is 0.129 e. The summed E-state index contributed by atoms with van der Waals surface area (Å²) < 4.78 is 5.19. The van der Waals surface area contributed by atoms with Crippen LogP contribution < -0.4 is 5.32 Å². The molecule has 0 spiro atoms. The molecule has 1 N–H and O–H groups in total. The Bertz CT molecular complexity index is 566. The summed E-state index contributed by atoms with van der Waals surface area (Å²) in [5.41, 5.74) is 3.66. The van der Waals surface area contributed by atoms with E-state index in [0.29, 0.717) is 0 Å². The normalized spacial score (nSPS) is 10.9. The van der Waals surface area contributed by atoms with E-state index in [1.54, 1.807) is 7.11 Å². The molecule has 1 aromatic heterocycles. The summed E-state index contributed by atoms with van der Waals surface area (Å²) in [6.45, 7) is 5.94. The van der Waals surface area contributed by atoms with E-state index in [9.17, 15) is 0 Å². The first-order valence-corrected chi connectivity index (χ1v) is 7.44. The zero-order valence-electron chi connectivity index (χ0n) is 12.7. The molecule has 0 atom stereocenters. The lowest BCUT2D eigenvalue weighted by Gasteiger charge is -2.13. The van der Waals surface area contributed by atoms with E-state index < -0.39 is 0 Å². The minimum absolute atomic E-state index is 0.730. The standard InChI is InChI=1S/C17H24N2O/c1-4-7-15-12-14-9-6-8-13(10-11-20-3)16(14)19-17(15)18-5-2/h6,8-9,12H,4-5,7,10-11H2,1-3H3,(H,18,19). The highest BCUT2D eigenvalue weighted by Crippen LogP contribution is 2.24. The van der Waals surface area contributed by atoms with Crippen molar-refractivity contribution in [3.8, 4) is 0 Å². The van der Waals surface area contributed by atoms with Crippen molar-refractivity contribution >= 4 is 16.7 Å². The number of benzene rings is 1. The molecule has 0 aliphatic rings. The average Bonchev–Trinajstić information content (AvgIpc) is 2.46. The van der Waals surface area contributed by atoms with Gasteiger partial charge in [-0.25, -0.2) is 4.98 Å². The van der Waals surface area contributed by atoms with Crippen LogP contribution in [0.15, 0.2) is 24.3 Å².